The molecular formula is C11H17NO4. The van der Waals surface area contributed by atoms with Crippen molar-refractivity contribution in [2.45, 2.75) is 19.4 Å². The molecule has 0 fully saturated rings. The van der Waals surface area contributed by atoms with E-state index in [9.17, 15) is 9.90 Å². The normalized spacial score (nSPS) is 12.4. The number of ether oxygens (including phenoxy) is 1. The lowest BCUT2D eigenvalue weighted by molar-refractivity contribution is -0.122. The molecular weight excluding hydrogens is 210 g/mol. The topological polar surface area (TPSA) is 71.7 Å². The van der Waals surface area contributed by atoms with Crippen LogP contribution >= 0.6 is 0 Å². The zero-order valence-electron chi connectivity index (χ0n) is 9.31. The second-order valence-electron chi connectivity index (χ2n) is 3.28. The minimum atomic E-state index is -0.800. The van der Waals surface area contributed by atoms with Gasteiger partial charge in [-0.25, -0.2) is 0 Å². The van der Waals surface area contributed by atoms with Gasteiger partial charge in [-0.15, -0.1) is 0 Å². The molecule has 0 aliphatic rings. The SMILES string of the molecule is CCOCCC(=O)NCC(O)c1ccco1. The number of carbonyl (C=O) groups is 1. The molecule has 0 aliphatic carbocycles. The minimum absolute atomic E-state index is 0.140. The fourth-order valence-corrected chi connectivity index (χ4v) is 1.19. The molecule has 1 aromatic rings. The molecule has 16 heavy (non-hydrogen) atoms. The fraction of sp³-hybridized carbons (Fsp3) is 0.545. The molecule has 2 N–H and O–H groups in total. The molecule has 1 atom stereocenters. The fourth-order valence-electron chi connectivity index (χ4n) is 1.19. The molecule has 0 saturated heterocycles. The summed E-state index contributed by atoms with van der Waals surface area (Å²) in [5.74, 6) is 0.309. The van der Waals surface area contributed by atoms with E-state index >= 15 is 0 Å². The maximum atomic E-state index is 11.3. The van der Waals surface area contributed by atoms with E-state index in [1.54, 1.807) is 12.1 Å². The first-order valence-electron chi connectivity index (χ1n) is 5.30. The van der Waals surface area contributed by atoms with Crippen LogP contribution in [0.15, 0.2) is 22.8 Å². The van der Waals surface area contributed by atoms with E-state index in [1.807, 2.05) is 6.92 Å². The third-order valence-electron chi connectivity index (χ3n) is 2.04. The van der Waals surface area contributed by atoms with Gasteiger partial charge in [0.05, 0.1) is 19.4 Å². The predicted molar refractivity (Wildman–Crippen MR) is 57.8 cm³/mol. The number of carbonyl (C=O) groups excluding carboxylic acids is 1. The zero-order valence-corrected chi connectivity index (χ0v) is 9.31. The summed E-state index contributed by atoms with van der Waals surface area (Å²) in [6.07, 6.45) is 0.986. The Bertz CT molecular complexity index is 297. The number of nitrogens with one attached hydrogen (secondary N) is 1. The smallest absolute Gasteiger partial charge is 0.222 e. The molecule has 5 heteroatoms. The van der Waals surface area contributed by atoms with Crippen LogP contribution in [0.25, 0.3) is 0 Å². The van der Waals surface area contributed by atoms with Crippen LogP contribution < -0.4 is 5.32 Å². The van der Waals surface area contributed by atoms with Gasteiger partial charge in [0.2, 0.25) is 5.91 Å². The average molecular weight is 227 g/mol. The lowest BCUT2D eigenvalue weighted by Crippen LogP contribution is -2.28. The average Bonchev–Trinajstić information content (AvgIpc) is 2.79. The lowest BCUT2D eigenvalue weighted by Gasteiger charge is -2.09. The van der Waals surface area contributed by atoms with E-state index in [4.69, 9.17) is 9.15 Å². The molecule has 0 spiro atoms. The summed E-state index contributed by atoms with van der Waals surface area (Å²) < 4.78 is 10.0. The Kier molecular flexibility index (Phi) is 5.60. The van der Waals surface area contributed by atoms with E-state index in [-0.39, 0.29) is 12.5 Å². The highest BCUT2D eigenvalue weighted by molar-refractivity contribution is 5.75. The van der Waals surface area contributed by atoms with Gasteiger partial charge in [0.15, 0.2) is 0 Å². The molecule has 1 rings (SSSR count). The van der Waals surface area contributed by atoms with E-state index < -0.39 is 6.10 Å². The summed E-state index contributed by atoms with van der Waals surface area (Å²) in [4.78, 5) is 11.3. The molecule has 1 aromatic heterocycles. The Morgan fingerprint density at radius 1 is 1.69 bits per heavy atom. The number of hydrogen-bond donors (Lipinski definition) is 2. The van der Waals surface area contributed by atoms with Gasteiger partial charge in [-0.3, -0.25) is 4.79 Å². The molecule has 5 nitrogen and oxygen atoms in total. The largest absolute Gasteiger partial charge is 0.467 e. The molecule has 0 aromatic carbocycles. The number of aliphatic hydroxyl groups excluding tert-OH is 1. The number of rotatable bonds is 7. The molecule has 1 heterocycles. The van der Waals surface area contributed by atoms with Crippen molar-refractivity contribution < 1.29 is 19.1 Å². The highest BCUT2D eigenvalue weighted by Crippen LogP contribution is 2.11. The first-order chi connectivity index (χ1) is 7.74. The second kappa shape index (κ2) is 7.03. The van der Waals surface area contributed by atoms with Gasteiger partial charge >= 0.3 is 0 Å². The van der Waals surface area contributed by atoms with E-state index in [2.05, 4.69) is 5.32 Å². The van der Waals surface area contributed by atoms with Crippen molar-refractivity contribution in [3.63, 3.8) is 0 Å². The van der Waals surface area contributed by atoms with Crippen LogP contribution in [0.1, 0.15) is 25.2 Å². The maximum absolute atomic E-state index is 11.3. The van der Waals surface area contributed by atoms with E-state index in [0.717, 1.165) is 0 Å². The van der Waals surface area contributed by atoms with Gasteiger partial charge in [0.1, 0.15) is 11.9 Å². The third kappa shape index (κ3) is 4.46. The minimum Gasteiger partial charge on any atom is -0.467 e. The summed E-state index contributed by atoms with van der Waals surface area (Å²) in [6, 6.07) is 3.35. The van der Waals surface area contributed by atoms with Crippen molar-refractivity contribution >= 4 is 5.91 Å². The van der Waals surface area contributed by atoms with Crippen LogP contribution in [0.3, 0.4) is 0 Å². The van der Waals surface area contributed by atoms with Crippen LogP contribution in [-0.2, 0) is 9.53 Å². The van der Waals surface area contributed by atoms with Gasteiger partial charge in [-0.2, -0.15) is 0 Å². The van der Waals surface area contributed by atoms with E-state index in [1.165, 1.54) is 6.26 Å². The molecule has 0 bridgehead atoms. The van der Waals surface area contributed by atoms with Crippen molar-refractivity contribution in [3.8, 4) is 0 Å². The van der Waals surface area contributed by atoms with Crippen molar-refractivity contribution in [3.05, 3.63) is 24.2 Å². The third-order valence-corrected chi connectivity index (χ3v) is 2.04. The lowest BCUT2D eigenvalue weighted by atomic mass is 10.2. The predicted octanol–water partition coefficient (Wildman–Crippen LogP) is 0.856. The highest BCUT2D eigenvalue weighted by Gasteiger charge is 2.11. The second-order valence-corrected chi connectivity index (χ2v) is 3.28. The number of amides is 1. The monoisotopic (exact) mass is 227 g/mol. The molecule has 1 unspecified atom stereocenters. The summed E-state index contributed by atoms with van der Waals surface area (Å²) >= 11 is 0. The first kappa shape index (κ1) is 12.7. The number of hydrogen-bond acceptors (Lipinski definition) is 4. The molecule has 0 saturated carbocycles. The van der Waals surface area contributed by atoms with E-state index in [0.29, 0.717) is 25.4 Å². The van der Waals surface area contributed by atoms with Crippen molar-refractivity contribution in [1.29, 1.82) is 0 Å². The van der Waals surface area contributed by atoms with Crippen molar-refractivity contribution in [1.82, 2.24) is 5.32 Å². The van der Waals surface area contributed by atoms with Crippen LogP contribution in [-0.4, -0.2) is 30.8 Å². The van der Waals surface area contributed by atoms with Crippen LogP contribution in [0.5, 0.6) is 0 Å². The number of furan rings is 1. The zero-order chi connectivity index (χ0) is 11.8. The van der Waals surface area contributed by atoms with Gasteiger partial charge in [-0.05, 0) is 19.1 Å². The first-order valence-corrected chi connectivity index (χ1v) is 5.30. The standard InChI is InChI=1S/C11H17NO4/c1-2-15-7-5-11(14)12-8-9(13)10-4-3-6-16-10/h3-4,6,9,13H,2,5,7-8H2,1H3,(H,12,14). The maximum Gasteiger partial charge on any atom is 0.222 e. The van der Waals surface area contributed by atoms with Gasteiger partial charge in [0, 0.05) is 13.0 Å². The van der Waals surface area contributed by atoms with Crippen LogP contribution in [0, 0.1) is 0 Å². The quantitative estimate of drug-likeness (QED) is 0.677. The van der Waals surface area contributed by atoms with Gasteiger partial charge in [-0.1, -0.05) is 0 Å². The van der Waals surface area contributed by atoms with Crippen molar-refractivity contribution in [2.24, 2.45) is 0 Å². The Morgan fingerprint density at radius 2 is 2.50 bits per heavy atom. The Labute approximate surface area is 94.4 Å². The molecule has 1 amide bonds. The molecule has 0 radical (unpaired) electrons. The van der Waals surface area contributed by atoms with Crippen LogP contribution in [0.2, 0.25) is 0 Å². The summed E-state index contributed by atoms with van der Waals surface area (Å²) in [5.41, 5.74) is 0. The van der Waals surface area contributed by atoms with Gasteiger partial charge in [0.25, 0.3) is 0 Å². The Hall–Kier alpha value is -1.33. The van der Waals surface area contributed by atoms with Crippen molar-refractivity contribution in [2.75, 3.05) is 19.8 Å². The Morgan fingerprint density at radius 3 is 3.12 bits per heavy atom. The van der Waals surface area contributed by atoms with Crippen LogP contribution in [0.4, 0.5) is 0 Å². The summed E-state index contributed by atoms with van der Waals surface area (Å²) in [6.45, 7) is 3.03. The molecule has 0 aliphatic heterocycles. The molecule has 90 valence electrons. The summed E-state index contributed by atoms with van der Waals surface area (Å²) in [7, 11) is 0. The number of aliphatic hydroxyl groups is 1. The van der Waals surface area contributed by atoms with Gasteiger partial charge < -0.3 is 19.6 Å². The highest BCUT2D eigenvalue weighted by atomic mass is 16.5. The Balaban J connectivity index is 2.16. The summed E-state index contributed by atoms with van der Waals surface area (Å²) in [5, 5.41) is 12.2.